The second-order valence-corrected chi connectivity index (χ2v) is 3.87. The highest BCUT2D eigenvalue weighted by molar-refractivity contribution is 7.08. The molecule has 0 aliphatic carbocycles. The highest BCUT2D eigenvalue weighted by Crippen LogP contribution is 2.18. The smallest absolute Gasteiger partial charge is 0.175 e. The lowest BCUT2D eigenvalue weighted by Crippen LogP contribution is -2.28. The van der Waals surface area contributed by atoms with Gasteiger partial charge in [-0.2, -0.15) is 11.3 Å². The Morgan fingerprint density at radius 3 is 2.85 bits per heavy atom. The zero-order chi connectivity index (χ0) is 9.90. The van der Waals surface area contributed by atoms with Crippen molar-refractivity contribution in [1.29, 1.82) is 0 Å². The molecule has 0 amide bonds. The average molecular weight is 195 g/mol. The van der Waals surface area contributed by atoms with Gasteiger partial charge in [0.2, 0.25) is 0 Å². The molecular weight excluding hydrogens is 186 g/mol. The van der Waals surface area contributed by atoms with Crippen LogP contribution in [0.3, 0.4) is 0 Å². The van der Waals surface area contributed by atoms with Gasteiger partial charge in [0.05, 0.1) is 0 Å². The van der Waals surface area contributed by atoms with Crippen molar-refractivity contribution in [2.45, 2.75) is 19.4 Å². The summed E-state index contributed by atoms with van der Waals surface area (Å²) in [6.45, 7) is 3.21. The number of nitrogens with zero attached hydrogens (tertiary/aromatic N) is 3. The van der Waals surface area contributed by atoms with Gasteiger partial charge in [0.15, 0.2) is 5.78 Å². The molecule has 0 bridgehead atoms. The minimum atomic E-state index is -0.990. The lowest BCUT2D eigenvalue weighted by Gasteiger charge is -2.14. The Labute approximate surface area is 79.8 Å². The molecule has 68 valence electrons. The number of rotatable bonds is 3. The van der Waals surface area contributed by atoms with Crippen LogP contribution in [-0.2, 0) is 0 Å². The van der Waals surface area contributed by atoms with Gasteiger partial charge in [-0.1, -0.05) is 5.11 Å². The molecule has 13 heavy (non-hydrogen) atoms. The van der Waals surface area contributed by atoms with Crippen LogP contribution in [0.2, 0.25) is 0 Å². The van der Waals surface area contributed by atoms with Crippen molar-refractivity contribution in [1.82, 2.24) is 0 Å². The molecule has 0 saturated carbocycles. The molecule has 1 aromatic rings. The molecule has 1 aromatic heterocycles. The van der Waals surface area contributed by atoms with Gasteiger partial charge in [-0.15, -0.1) is 0 Å². The van der Waals surface area contributed by atoms with Crippen molar-refractivity contribution in [3.05, 3.63) is 32.8 Å². The molecule has 1 rings (SSSR count). The highest BCUT2D eigenvalue weighted by atomic mass is 32.1. The van der Waals surface area contributed by atoms with Crippen LogP contribution in [0.1, 0.15) is 24.2 Å². The number of hydrogen-bond acceptors (Lipinski definition) is 3. The Hall–Kier alpha value is -1.32. The van der Waals surface area contributed by atoms with Crippen LogP contribution in [0.25, 0.3) is 10.4 Å². The Morgan fingerprint density at radius 2 is 2.38 bits per heavy atom. The Bertz CT molecular complexity index is 349. The molecule has 1 heterocycles. The van der Waals surface area contributed by atoms with E-state index in [0.29, 0.717) is 5.56 Å². The summed E-state index contributed by atoms with van der Waals surface area (Å²) in [7, 11) is 0. The lowest BCUT2D eigenvalue weighted by molar-refractivity contribution is 0.0914. The second kappa shape index (κ2) is 3.60. The minimum Gasteiger partial charge on any atom is -0.293 e. The maximum Gasteiger partial charge on any atom is 0.175 e. The Morgan fingerprint density at radius 1 is 1.69 bits per heavy atom. The van der Waals surface area contributed by atoms with Crippen LogP contribution in [0.15, 0.2) is 21.9 Å². The van der Waals surface area contributed by atoms with Gasteiger partial charge < -0.3 is 0 Å². The Kier molecular flexibility index (Phi) is 2.70. The molecule has 5 heteroatoms. The summed E-state index contributed by atoms with van der Waals surface area (Å²) < 4.78 is 0. The normalized spacial score (nSPS) is 10.6. The second-order valence-electron chi connectivity index (χ2n) is 3.09. The number of hydrogen-bond donors (Lipinski definition) is 0. The van der Waals surface area contributed by atoms with Crippen molar-refractivity contribution >= 4 is 17.1 Å². The fourth-order valence-corrected chi connectivity index (χ4v) is 1.54. The third kappa shape index (κ3) is 2.08. The van der Waals surface area contributed by atoms with Crippen molar-refractivity contribution in [3.8, 4) is 0 Å². The van der Waals surface area contributed by atoms with E-state index >= 15 is 0 Å². The van der Waals surface area contributed by atoms with E-state index in [9.17, 15) is 4.79 Å². The van der Waals surface area contributed by atoms with Crippen LogP contribution >= 0.6 is 11.3 Å². The lowest BCUT2D eigenvalue weighted by atomic mass is 9.96. The van der Waals surface area contributed by atoms with Crippen molar-refractivity contribution in [3.63, 3.8) is 0 Å². The summed E-state index contributed by atoms with van der Waals surface area (Å²) in [5.74, 6) is -0.147. The van der Waals surface area contributed by atoms with Gasteiger partial charge in [0.25, 0.3) is 0 Å². The SMILES string of the molecule is CC(C)(N=[N+]=[N-])C(=O)c1ccsc1. The van der Waals surface area contributed by atoms with Gasteiger partial charge in [0, 0.05) is 15.9 Å². The van der Waals surface area contributed by atoms with E-state index in [1.807, 2.05) is 5.38 Å². The number of ketones is 1. The molecule has 4 nitrogen and oxygen atoms in total. The van der Waals surface area contributed by atoms with Crippen LogP contribution in [-0.4, -0.2) is 11.3 Å². The molecule has 0 unspecified atom stereocenters. The summed E-state index contributed by atoms with van der Waals surface area (Å²) in [6.07, 6.45) is 0. The summed E-state index contributed by atoms with van der Waals surface area (Å²) in [5.41, 5.74) is 7.87. The first kappa shape index (κ1) is 9.77. The Balaban J connectivity index is 2.97. The van der Waals surface area contributed by atoms with Crippen molar-refractivity contribution in [2.24, 2.45) is 5.11 Å². The molecule has 0 radical (unpaired) electrons. The predicted octanol–water partition coefficient (Wildman–Crippen LogP) is 3.02. The van der Waals surface area contributed by atoms with E-state index < -0.39 is 5.54 Å². The van der Waals surface area contributed by atoms with Gasteiger partial charge in [0.1, 0.15) is 5.54 Å². The van der Waals surface area contributed by atoms with Crippen molar-refractivity contribution < 1.29 is 4.79 Å². The fraction of sp³-hybridized carbons (Fsp3) is 0.375. The van der Waals surface area contributed by atoms with E-state index in [4.69, 9.17) is 5.53 Å². The summed E-state index contributed by atoms with van der Waals surface area (Å²) in [6, 6.07) is 1.72. The van der Waals surface area contributed by atoms with E-state index in [0.717, 1.165) is 0 Å². The van der Waals surface area contributed by atoms with Gasteiger partial charge in [-0.25, -0.2) is 0 Å². The third-order valence-corrected chi connectivity index (χ3v) is 2.32. The number of carbonyl (C=O) groups is 1. The highest BCUT2D eigenvalue weighted by Gasteiger charge is 2.27. The van der Waals surface area contributed by atoms with Crippen LogP contribution < -0.4 is 0 Å². The quantitative estimate of drug-likeness (QED) is 0.316. The first-order chi connectivity index (χ1) is 6.08. The number of Topliss-reactive ketones (excluding diaryl/α,β-unsaturated/α-hetero) is 1. The largest absolute Gasteiger partial charge is 0.293 e. The first-order valence-electron chi connectivity index (χ1n) is 3.71. The zero-order valence-corrected chi connectivity index (χ0v) is 8.21. The third-order valence-electron chi connectivity index (χ3n) is 1.63. The number of azide groups is 1. The maximum absolute atomic E-state index is 11.7. The van der Waals surface area contributed by atoms with E-state index in [2.05, 4.69) is 10.0 Å². The van der Waals surface area contributed by atoms with E-state index in [1.165, 1.54) is 11.3 Å². The maximum atomic E-state index is 11.7. The number of thiophene rings is 1. The summed E-state index contributed by atoms with van der Waals surface area (Å²) in [4.78, 5) is 14.3. The van der Waals surface area contributed by atoms with Crippen molar-refractivity contribution in [2.75, 3.05) is 0 Å². The topological polar surface area (TPSA) is 65.8 Å². The van der Waals surface area contributed by atoms with E-state index in [-0.39, 0.29) is 5.78 Å². The summed E-state index contributed by atoms with van der Waals surface area (Å²) >= 11 is 1.45. The molecule has 0 aliphatic rings. The van der Waals surface area contributed by atoms with Gasteiger partial charge >= 0.3 is 0 Å². The molecule has 0 saturated heterocycles. The molecule has 0 atom stereocenters. The molecule has 0 aromatic carbocycles. The average Bonchev–Trinajstić information content (AvgIpc) is 2.54. The monoisotopic (exact) mass is 195 g/mol. The molecule has 0 N–H and O–H groups in total. The zero-order valence-electron chi connectivity index (χ0n) is 7.39. The minimum absolute atomic E-state index is 0.147. The predicted molar refractivity (Wildman–Crippen MR) is 51.9 cm³/mol. The van der Waals surface area contributed by atoms with Crippen LogP contribution in [0.5, 0.6) is 0 Å². The number of carbonyl (C=O) groups excluding carboxylic acids is 1. The van der Waals surface area contributed by atoms with Gasteiger partial charge in [-0.05, 0) is 30.8 Å². The standard InChI is InChI=1S/C8H9N3OS/c1-8(2,10-11-9)7(12)6-3-4-13-5-6/h3-5H,1-2H3. The van der Waals surface area contributed by atoms with E-state index in [1.54, 1.807) is 25.3 Å². The molecule has 0 aliphatic heterocycles. The van der Waals surface area contributed by atoms with Crippen LogP contribution in [0, 0.1) is 0 Å². The molecule has 0 spiro atoms. The molecule has 0 fully saturated rings. The summed E-state index contributed by atoms with van der Waals surface area (Å²) in [5, 5.41) is 7.01. The van der Waals surface area contributed by atoms with Crippen LogP contribution in [0.4, 0.5) is 0 Å². The fourth-order valence-electron chi connectivity index (χ4n) is 0.904. The first-order valence-corrected chi connectivity index (χ1v) is 4.65. The van der Waals surface area contributed by atoms with Gasteiger partial charge in [-0.3, -0.25) is 4.79 Å². The molecular formula is C8H9N3OS.